The van der Waals surface area contributed by atoms with Crippen molar-refractivity contribution in [3.8, 4) is 0 Å². The number of hydrogen-bond acceptors (Lipinski definition) is 13. The van der Waals surface area contributed by atoms with Gasteiger partial charge in [0.15, 0.2) is 0 Å². The number of aryl methyl sites for hydroxylation is 1. The van der Waals surface area contributed by atoms with Crippen LogP contribution in [0.2, 0.25) is 0 Å². The average Bonchev–Trinajstić information content (AvgIpc) is 3.94. The summed E-state index contributed by atoms with van der Waals surface area (Å²) < 4.78 is 21.6. The largest absolute Gasteiger partial charge is 0.463 e. The van der Waals surface area contributed by atoms with Gasteiger partial charge in [-0.2, -0.15) is 0 Å². The van der Waals surface area contributed by atoms with Crippen molar-refractivity contribution in [2.45, 2.75) is 65.7 Å². The summed E-state index contributed by atoms with van der Waals surface area (Å²) in [6, 6.07) is 5.80. The van der Waals surface area contributed by atoms with Crippen LogP contribution >= 0.6 is 0 Å². The van der Waals surface area contributed by atoms with Gasteiger partial charge in [0, 0.05) is 79.5 Å². The van der Waals surface area contributed by atoms with Gasteiger partial charge >= 0.3 is 11.9 Å². The number of nitrogens with two attached hydrogens (primary N) is 1. The summed E-state index contributed by atoms with van der Waals surface area (Å²) in [5, 5.41) is 9.19. The van der Waals surface area contributed by atoms with Crippen molar-refractivity contribution in [2.24, 2.45) is 5.73 Å². The van der Waals surface area contributed by atoms with Gasteiger partial charge in [-0.15, -0.1) is 0 Å². The summed E-state index contributed by atoms with van der Waals surface area (Å²) in [7, 11) is 0. The van der Waals surface area contributed by atoms with Gasteiger partial charge in [-0.25, -0.2) is 14.8 Å². The van der Waals surface area contributed by atoms with Crippen molar-refractivity contribution in [2.75, 3.05) is 79.0 Å². The Kier molecular flexibility index (Phi) is 14.1. The van der Waals surface area contributed by atoms with Crippen LogP contribution in [0, 0.1) is 6.92 Å². The quantitative estimate of drug-likeness (QED) is 0.0773. The fourth-order valence-corrected chi connectivity index (χ4v) is 8.74. The number of rotatable bonds is 16. The first-order valence-corrected chi connectivity index (χ1v) is 21.5. The van der Waals surface area contributed by atoms with Crippen LogP contribution in [0.15, 0.2) is 30.4 Å². The van der Waals surface area contributed by atoms with Gasteiger partial charge in [0.2, 0.25) is 0 Å². The number of hydrogen-bond donors (Lipinski definition) is 4. The summed E-state index contributed by atoms with van der Waals surface area (Å²) in [6.07, 6.45) is 4.07. The first-order chi connectivity index (χ1) is 29.9. The Morgan fingerprint density at radius 2 is 1.66 bits per heavy atom. The van der Waals surface area contributed by atoms with E-state index in [4.69, 9.17) is 34.6 Å². The SMILES string of the molecule is CCC1=C(C)c2cc3nc(cc4[nH]c(c5c6[nH]c(cc1n2)c(C)c6C(=O)N(CCN1CCOCC1)C5=O)[C@@H](CCC(=O)OCCOCCN)[C@@H]4C)C(C)=C3/C=C/C(=O)OCCO. The molecule has 8 bridgehead atoms. The zero-order valence-corrected chi connectivity index (χ0v) is 36.2. The highest BCUT2D eigenvalue weighted by atomic mass is 16.6. The van der Waals surface area contributed by atoms with Crippen molar-refractivity contribution >= 4 is 57.1 Å². The zero-order chi connectivity index (χ0) is 44.1. The first-order valence-electron chi connectivity index (χ1n) is 21.5. The van der Waals surface area contributed by atoms with Gasteiger partial charge in [-0.1, -0.05) is 13.8 Å². The molecule has 16 nitrogen and oxygen atoms in total. The highest BCUT2D eigenvalue weighted by Crippen LogP contribution is 2.45. The molecule has 2 atom stereocenters. The molecule has 0 aromatic carbocycles. The number of aliphatic hydroxyl groups is 1. The van der Waals surface area contributed by atoms with Crippen molar-refractivity contribution in [1.29, 1.82) is 0 Å². The average molecular weight is 852 g/mol. The third kappa shape index (κ3) is 9.15. The predicted molar refractivity (Wildman–Crippen MR) is 233 cm³/mol. The van der Waals surface area contributed by atoms with Crippen LogP contribution in [0.1, 0.15) is 119 Å². The van der Waals surface area contributed by atoms with E-state index in [0.717, 1.165) is 28.1 Å². The third-order valence-electron chi connectivity index (χ3n) is 12.2. The Morgan fingerprint density at radius 3 is 2.40 bits per heavy atom. The van der Waals surface area contributed by atoms with E-state index in [1.807, 2.05) is 45.9 Å². The molecular weight excluding hydrogens is 795 g/mol. The Morgan fingerprint density at radius 1 is 0.919 bits per heavy atom. The van der Waals surface area contributed by atoms with E-state index in [9.17, 15) is 19.5 Å². The second-order valence-electron chi connectivity index (χ2n) is 16.0. The predicted octanol–water partition coefficient (Wildman–Crippen LogP) is 4.82. The molecule has 0 spiro atoms. The van der Waals surface area contributed by atoms with Crippen LogP contribution in [0.5, 0.6) is 0 Å². The van der Waals surface area contributed by atoms with Crippen molar-refractivity contribution in [3.05, 3.63) is 81.2 Å². The second-order valence-corrected chi connectivity index (χ2v) is 16.0. The molecule has 330 valence electrons. The normalized spacial score (nSPS) is 18.6. The lowest BCUT2D eigenvalue weighted by atomic mass is 9.84. The number of ether oxygens (including phenoxy) is 4. The molecule has 1 saturated heterocycles. The van der Waals surface area contributed by atoms with Gasteiger partial charge in [0.1, 0.15) is 13.2 Å². The number of aliphatic hydroxyl groups excluding tert-OH is 1. The molecule has 0 unspecified atom stereocenters. The summed E-state index contributed by atoms with van der Waals surface area (Å²) in [5.41, 5.74) is 15.5. The van der Waals surface area contributed by atoms with Crippen LogP contribution < -0.4 is 5.73 Å². The molecule has 16 heteroatoms. The number of morpholine rings is 1. The molecule has 2 amide bonds. The number of nitrogens with zero attached hydrogens (tertiary/aromatic N) is 4. The summed E-state index contributed by atoms with van der Waals surface area (Å²) >= 11 is 0. The number of carbonyl (C=O) groups excluding carboxylic acids is 4. The molecule has 7 heterocycles. The summed E-state index contributed by atoms with van der Waals surface area (Å²) in [4.78, 5) is 76.2. The lowest BCUT2D eigenvalue weighted by Crippen LogP contribution is -2.47. The smallest absolute Gasteiger partial charge is 0.330 e. The number of fused-ring (bicyclic) bond motifs is 8. The fraction of sp³-hybridized carbons (Fsp3) is 0.478. The van der Waals surface area contributed by atoms with E-state index in [1.54, 1.807) is 6.08 Å². The highest BCUT2D eigenvalue weighted by molar-refractivity contribution is 6.23. The molecule has 62 heavy (non-hydrogen) atoms. The van der Waals surface area contributed by atoms with Crippen molar-refractivity contribution in [1.82, 2.24) is 29.7 Å². The van der Waals surface area contributed by atoms with Gasteiger partial charge in [0.25, 0.3) is 11.8 Å². The number of carbonyl (C=O) groups is 4. The molecule has 0 saturated carbocycles. The zero-order valence-electron chi connectivity index (χ0n) is 36.2. The molecule has 0 radical (unpaired) electrons. The maximum Gasteiger partial charge on any atom is 0.330 e. The maximum atomic E-state index is 15.0. The number of aromatic amines is 2. The number of aromatic nitrogens is 4. The van der Waals surface area contributed by atoms with Gasteiger partial charge in [-0.05, 0) is 80.2 Å². The minimum Gasteiger partial charge on any atom is -0.463 e. The van der Waals surface area contributed by atoms with Crippen LogP contribution in [0.4, 0.5) is 0 Å². The topological polar surface area (TPSA) is 215 Å². The molecule has 2 aromatic rings. The molecule has 5 aliphatic heterocycles. The molecule has 0 aliphatic carbocycles. The fourth-order valence-electron chi connectivity index (χ4n) is 8.74. The van der Waals surface area contributed by atoms with E-state index in [0.29, 0.717) is 115 Å². The van der Waals surface area contributed by atoms with Crippen LogP contribution in [-0.4, -0.2) is 138 Å². The minimum absolute atomic E-state index is 0.0686. The third-order valence-corrected chi connectivity index (χ3v) is 12.2. The summed E-state index contributed by atoms with van der Waals surface area (Å²) in [6.45, 7) is 13.8. The van der Waals surface area contributed by atoms with E-state index < -0.39 is 17.8 Å². The molecule has 1 fully saturated rings. The Labute approximate surface area is 360 Å². The molecule has 2 aromatic heterocycles. The van der Waals surface area contributed by atoms with Crippen LogP contribution in [0.3, 0.4) is 0 Å². The van der Waals surface area contributed by atoms with Crippen LogP contribution in [-0.2, 0) is 28.5 Å². The number of imide groups is 1. The maximum absolute atomic E-state index is 15.0. The van der Waals surface area contributed by atoms with E-state index in [-0.39, 0.29) is 57.1 Å². The van der Waals surface area contributed by atoms with Crippen molar-refractivity contribution < 1.29 is 43.2 Å². The molecule has 7 rings (SSSR count). The van der Waals surface area contributed by atoms with Crippen molar-refractivity contribution in [3.63, 3.8) is 0 Å². The van der Waals surface area contributed by atoms with E-state index in [2.05, 4.69) is 21.8 Å². The number of H-pyrrole nitrogens is 2. The summed E-state index contributed by atoms with van der Waals surface area (Å²) in [5.74, 6) is -2.40. The van der Waals surface area contributed by atoms with E-state index >= 15 is 4.79 Å². The Hall–Kier alpha value is -5.52. The van der Waals surface area contributed by atoms with E-state index in [1.165, 1.54) is 11.0 Å². The Balaban J connectivity index is 1.44. The van der Waals surface area contributed by atoms with Crippen LogP contribution in [0.25, 0.3) is 33.3 Å². The molecule has 5 aliphatic rings. The molecular formula is C46H57N7O9. The lowest BCUT2D eigenvalue weighted by molar-refractivity contribution is -0.145. The monoisotopic (exact) mass is 851 g/mol. The minimum atomic E-state index is -0.599. The Bertz CT molecular complexity index is 2400. The number of amides is 2. The van der Waals surface area contributed by atoms with Gasteiger partial charge < -0.3 is 39.8 Å². The standard InChI is InChI=1S/C46H57N7O9/c1-6-30-26(2)34-24-38-31(7-9-39(55)61-20-16-54)27(3)33(49-38)23-35-28(4)32(8-10-40(56)62-22-21-59-17-11-47)43(50-35)42-44-41(29(5)36(51-44)25-37(30)48-34)45(57)53(46(42)58)13-12-52-14-18-60-19-15-52/h7,9,23-25,28,32,50-51,54H,6,8,10-22,47H2,1-5H3/b9-7+,35-23?,37-25?,38-24?,43-42?/t28-,32-/m0/s1. The molecule has 5 N–H and O–H groups in total. The second kappa shape index (κ2) is 19.7. The van der Waals surface area contributed by atoms with Gasteiger partial charge in [0.05, 0.1) is 72.5 Å². The number of nitrogens with one attached hydrogen (secondary N) is 2. The van der Waals surface area contributed by atoms with Gasteiger partial charge in [-0.3, -0.25) is 24.2 Å². The number of esters is 2. The first kappa shape index (κ1) is 44.5. The number of allylic oxidation sites excluding steroid dienone is 5. The highest BCUT2D eigenvalue weighted by Gasteiger charge is 2.41. The lowest BCUT2D eigenvalue weighted by Gasteiger charge is -2.31.